The van der Waals surface area contributed by atoms with Crippen LogP contribution < -0.4 is 10.6 Å². The molecular weight excluding hydrogens is 342 g/mol. The van der Waals surface area contributed by atoms with Crippen molar-refractivity contribution in [3.63, 3.8) is 0 Å². The molecule has 1 aromatic heterocycles. The number of amides is 1. The highest BCUT2D eigenvalue weighted by atomic mass is 16.6. The van der Waals surface area contributed by atoms with E-state index in [2.05, 4.69) is 28.5 Å². The molecule has 0 radical (unpaired) electrons. The van der Waals surface area contributed by atoms with E-state index in [4.69, 9.17) is 9.72 Å². The molecule has 1 saturated heterocycles. The number of nitrogens with one attached hydrogen (secondary N) is 2. The lowest BCUT2D eigenvalue weighted by atomic mass is 10.1. The van der Waals surface area contributed by atoms with Gasteiger partial charge >= 0.3 is 6.09 Å². The first-order valence-corrected chi connectivity index (χ1v) is 9.96. The van der Waals surface area contributed by atoms with Crippen LogP contribution >= 0.6 is 0 Å². The SMILES string of the molecule is CCN(CCNc1ccc2c(n1)CN1[C@H](C)CNC[C@H]21)C(=O)OC(C)(C)C. The number of ether oxygens (including phenoxy) is 1. The molecule has 7 heteroatoms. The monoisotopic (exact) mass is 375 g/mol. The van der Waals surface area contributed by atoms with Gasteiger partial charge in [-0.05, 0) is 46.2 Å². The Morgan fingerprint density at radius 1 is 1.41 bits per heavy atom. The molecule has 0 bridgehead atoms. The van der Waals surface area contributed by atoms with Gasteiger partial charge in [0.25, 0.3) is 0 Å². The van der Waals surface area contributed by atoms with Crippen molar-refractivity contribution in [3.8, 4) is 0 Å². The Kier molecular flexibility index (Phi) is 5.91. The maximum atomic E-state index is 12.2. The third kappa shape index (κ3) is 4.71. The molecule has 1 aromatic rings. The van der Waals surface area contributed by atoms with Crippen molar-refractivity contribution < 1.29 is 9.53 Å². The molecule has 150 valence electrons. The molecule has 0 unspecified atom stereocenters. The third-order valence-corrected chi connectivity index (χ3v) is 5.17. The van der Waals surface area contributed by atoms with Gasteiger partial charge in [0.1, 0.15) is 11.4 Å². The maximum Gasteiger partial charge on any atom is 0.410 e. The van der Waals surface area contributed by atoms with Gasteiger partial charge in [0.05, 0.1) is 5.69 Å². The molecule has 1 amide bonds. The number of pyridine rings is 1. The molecule has 0 saturated carbocycles. The number of hydrogen-bond donors (Lipinski definition) is 2. The van der Waals surface area contributed by atoms with E-state index in [0.29, 0.717) is 31.7 Å². The van der Waals surface area contributed by atoms with Crippen molar-refractivity contribution in [1.82, 2.24) is 20.1 Å². The summed E-state index contributed by atoms with van der Waals surface area (Å²) in [6, 6.07) is 5.21. The van der Waals surface area contributed by atoms with Crippen LogP contribution in [0.1, 0.15) is 51.9 Å². The zero-order valence-electron chi connectivity index (χ0n) is 17.2. The van der Waals surface area contributed by atoms with E-state index >= 15 is 0 Å². The summed E-state index contributed by atoms with van der Waals surface area (Å²) in [5, 5.41) is 6.86. The predicted octanol–water partition coefficient (Wildman–Crippen LogP) is 2.60. The average Bonchev–Trinajstić information content (AvgIpc) is 2.96. The van der Waals surface area contributed by atoms with Crippen molar-refractivity contribution >= 4 is 11.9 Å². The number of aromatic nitrogens is 1. The van der Waals surface area contributed by atoms with Gasteiger partial charge in [-0.15, -0.1) is 0 Å². The number of anilines is 1. The van der Waals surface area contributed by atoms with Gasteiger partial charge in [0.2, 0.25) is 0 Å². The number of likely N-dealkylation sites (N-methyl/N-ethyl adjacent to an activating group) is 1. The van der Waals surface area contributed by atoms with Crippen LogP contribution in [0.15, 0.2) is 12.1 Å². The first-order valence-electron chi connectivity index (χ1n) is 9.96. The highest BCUT2D eigenvalue weighted by molar-refractivity contribution is 5.68. The number of hydrogen-bond acceptors (Lipinski definition) is 6. The smallest absolute Gasteiger partial charge is 0.410 e. The molecule has 27 heavy (non-hydrogen) atoms. The van der Waals surface area contributed by atoms with E-state index < -0.39 is 5.60 Å². The van der Waals surface area contributed by atoms with Crippen LogP contribution in [0.4, 0.5) is 10.6 Å². The highest BCUT2D eigenvalue weighted by Crippen LogP contribution is 2.35. The minimum Gasteiger partial charge on any atom is -0.444 e. The maximum absolute atomic E-state index is 12.2. The molecule has 0 aliphatic carbocycles. The number of piperazine rings is 1. The van der Waals surface area contributed by atoms with E-state index in [1.165, 1.54) is 11.3 Å². The lowest BCUT2D eigenvalue weighted by Gasteiger charge is -2.36. The highest BCUT2D eigenvalue weighted by Gasteiger charge is 2.36. The quantitative estimate of drug-likeness (QED) is 0.824. The second-order valence-corrected chi connectivity index (χ2v) is 8.41. The Balaban J connectivity index is 1.55. The summed E-state index contributed by atoms with van der Waals surface area (Å²) in [5.74, 6) is 0.870. The van der Waals surface area contributed by atoms with Gasteiger partial charge in [-0.2, -0.15) is 0 Å². The summed E-state index contributed by atoms with van der Waals surface area (Å²) >= 11 is 0. The topological polar surface area (TPSA) is 69.7 Å². The van der Waals surface area contributed by atoms with Gasteiger partial charge < -0.3 is 20.3 Å². The summed E-state index contributed by atoms with van der Waals surface area (Å²) < 4.78 is 5.45. The predicted molar refractivity (Wildman–Crippen MR) is 107 cm³/mol. The van der Waals surface area contributed by atoms with E-state index in [9.17, 15) is 4.79 Å². The number of fused-ring (bicyclic) bond motifs is 3. The van der Waals surface area contributed by atoms with Crippen LogP contribution in [0.25, 0.3) is 0 Å². The molecule has 1 fully saturated rings. The fraction of sp³-hybridized carbons (Fsp3) is 0.700. The number of rotatable bonds is 5. The van der Waals surface area contributed by atoms with E-state index in [1.54, 1.807) is 4.90 Å². The summed E-state index contributed by atoms with van der Waals surface area (Å²) in [6.07, 6.45) is -0.271. The lowest BCUT2D eigenvalue weighted by Crippen LogP contribution is -2.48. The van der Waals surface area contributed by atoms with E-state index in [-0.39, 0.29) is 6.09 Å². The van der Waals surface area contributed by atoms with E-state index in [0.717, 1.165) is 25.5 Å². The number of carbonyl (C=O) groups excluding carboxylic acids is 1. The zero-order chi connectivity index (χ0) is 19.6. The molecular formula is C20H33N5O2. The molecule has 0 spiro atoms. The lowest BCUT2D eigenvalue weighted by molar-refractivity contribution is 0.0267. The average molecular weight is 376 g/mol. The van der Waals surface area contributed by atoms with Crippen LogP contribution in [0.5, 0.6) is 0 Å². The molecule has 2 aliphatic heterocycles. The summed E-state index contributed by atoms with van der Waals surface area (Å²) in [7, 11) is 0. The molecule has 0 aromatic carbocycles. The molecule has 3 rings (SSSR count). The normalized spacial score (nSPS) is 22.1. The Labute approximate surface area is 162 Å². The van der Waals surface area contributed by atoms with Crippen molar-refractivity contribution in [1.29, 1.82) is 0 Å². The van der Waals surface area contributed by atoms with Crippen LogP contribution in [0.2, 0.25) is 0 Å². The minimum absolute atomic E-state index is 0.271. The van der Waals surface area contributed by atoms with Gasteiger partial charge in [-0.25, -0.2) is 9.78 Å². The van der Waals surface area contributed by atoms with Crippen molar-refractivity contribution in [2.24, 2.45) is 0 Å². The van der Waals surface area contributed by atoms with Gasteiger partial charge in [0, 0.05) is 51.4 Å². The molecule has 7 nitrogen and oxygen atoms in total. The Morgan fingerprint density at radius 2 is 2.19 bits per heavy atom. The minimum atomic E-state index is -0.475. The van der Waals surface area contributed by atoms with Crippen LogP contribution in [0.3, 0.4) is 0 Å². The van der Waals surface area contributed by atoms with Gasteiger partial charge in [-0.1, -0.05) is 6.07 Å². The number of carbonyl (C=O) groups is 1. The third-order valence-electron chi connectivity index (χ3n) is 5.17. The molecule has 2 N–H and O–H groups in total. The van der Waals surface area contributed by atoms with Crippen LogP contribution in [0, 0.1) is 0 Å². The first kappa shape index (κ1) is 19.9. The number of nitrogens with zero attached hydrogens (tertiary/aromatic N) is 3. The van der Waals surface area contributed by atoms with Crippen molar-refractivity contribution in [2.75, 3.05) is 38.0 Å². The van der Waals surface area contributed by atoms with Gasteiger partial charge in [0.15, 0.2) is 0 Å². The van der Waals surface area contributed by atoms with E-state index in [1.807, 2.05) is 33.8 Å². The largest absolute Gasteiger partial charge is 0.444 e. The standard InChI is InChI=1S/C20H33N5O2/c1-6-24(19(26)27-20(3,4)5)10-9-22-18-8-7-15-16(23-18)13-25-14(2)11-21-12-17(15)25/h7-8,14,17,21H,6,9-13H2,1-5H3,(H,22,23)/t14-,17-/m1/s1. The fourth-order valence-corrected chi connectivity index (χ4v) is 3.76. The molecule has 2 aliphatic rings. The first-order chi connectivity index (χ1) is 12.8. The zero-order valence-corrected chi connectivity index (χ0v) is 17.2. The summed E-state index contributed by atoms with van der Waals surface area (Å²) in [5.41, 5.74) is 2.03. The Bertz CT molecular complexity index is 673. The fourth-order valence-electron chi connectivity index (χ4n) is 3.76. The van der Waals surface area contributed by atoms with Gasteiger partial charge in [-0.3, -0.25) is 4.90 Å². The van der Waals surface area contributed by atoms with Crippen LogP contribution in [-0.2, 0) is 11.3 Å². The van der Waals surface area contributed by atoms with Crippen LogP contribution in [-0.4, -0.2) is 65.2 Å². The molecule has 3 heterocycles. The Hall–Kier alpha value is -1.86. The van der Waals surface area contributed by atoms with Crippen molar-refractivity contribution in [3.05, 3.63) is 23.4 Å². The van der Waals surface area contributed by atoms with Crippen molar-refractivity contribution in [2.45, 2.75) is 58.8 Å². The molecule has 2 atom stereocenters. The summed E-state index contributed by atoms with van der Waals surface area (Å²) in [6.45, 7) is 14.7. The second kappa shape index (κ2) is 8.02. The Morgan fingerprint density at radius 3 is 2.89 bits per heavy atom. The summed E-state index contributed by atoms with van der Waals surface area (Å²) in [4.78, 5) is 21.3. The second-order valence-electron chi connectivity index (χ2n) is 8.41.